The number of carbonyl (C=O) groups excluding carboxylic acids is 1. The number of halogens is 1. The fourth-order valence-corrected chi connectivity index (χ4v) is 7.87. The Hall–Kier alpha value is -0.851. The molecule has 0 aromatic carbocycles. The summed E-state index contributed by atoms with van der Waals surface area (Å²) in [7, 11) is 0. The molecule has 2 rings (SSSR count). The molecule has 4 nitrogen and oxygen atoms in total. The number of fused-ring (bicyclic) bond motifs is 1. The maximum atomic E-state index is 13.5. The summed E-state index contributed by atoms with van der Waals surface area (Å²) in [4.78, 5) is 24.9. The molecule has 0 saturated heterocycles. The second-order valence-corrected chi connectivity index (χ2v) is 23.1. The normalized spacial score (nSPS) is 18.6. The molecular weight excluding hydrogens is 378 g/mol. The van der Waals surface area contributed by atoms with Crippen LogP contribution in [0.15, 0.2) is 12.3 Å². The van der Waals surface area contributed by atoms with E-state index in [1.54, 1.807) is 4.90 Å². The van der Waals surface area contributed by atoms with Crippen molar-refractivity contribution < 1.29 is 13.9 Å². The molecule has 1 aromatic heterocycles. The van der Waals surface area contributed by atoms with Gasteiger partial charge in [0.1, 0.15) is 0 Å². The van der Waals surface area contributed by atoms with E-state index in [-0.39, 0.29) is 9.75 Å². The van der Waals surface area contributed by atoms with Crippen LogP contribution in [0, 0.1) is 5.82 Å². The van der Waals surface area contributed by atoms with Gasteiger partial charge in [-0.1, -0.05) is 0 Å². The van der Waals surface area contributed by atoms with E-state index in [0.717, 1.165) is 11.8 Å². The predicted octanol–water partition coefficient (Wildman–Crippen LogP) is 3.94. The van der Waals surface area contributed by atoms with Crippen LogP contribution >= 0.6 is 0 Å². The molecule has 1 atom stereocenters. The van der Waals surface area contributed by atoms with Gasteiger partial charge in [-0.05, 0) is 0 Å². The predicted molar refractivity (Wildman–Crippen MR) is 83.9 cm³/mol. The fraction of sp³-hybridized carbons (Fsp3) is 0.600. The van der Waals surface area contributed by atoms with E-state index >= 15 is 0 Å². The zero-order valence-electron chi connectivity index (χ0n) is 13.5. The summed E-state index contributed by atoms with van der Waals surface area (Å²) in [6, 6.07) is 1.53. The Balaban J connectivity index is 2.38. The number of rotatable bonds is 1. The van der Waals surface area contributed by atoms with Gasteiger partial charge in [-0.2, -0.15) is 0 Å². The van der Waals surface area contributed by atoms with Crippen molar-refractivity contribution >= 4 is 30.3 Å². The second-order valence-electron chi connectivity index (χ2n) is 7.58. The van der Waals surface area contributed by atoms with Gasteiger partial charge in [0, 0.05) is 0 Å². The summed E-state index contributed by atoms with van der Waals surface area (Å²) in [5.41, 5.74) is 0.310. The van der Waals surface area contributed by atoms with E-state index < -0.39 is 30.1 Å². The molecule has 116 valence electrons. The van der Waals surface area contributed by atoms with Crippen molar-refractivity contribution in [1.29, 1.82) is 0 Å². The number of anilines is 1. The zero-order chi connectivity index (χ0) is 16.0. The molecule has 0 radical (unpaired) electrons. The third-order valence-electron chi connectivity index (χ3n) is 3.52. The van der Waals surface area contributed by atoms with E-state index in [1.165, 1.54) is 6.07 Å². The quantitative estimate of drug-likeness (QED) is 0.670. The van der Waals surface area contributed by atoms with Crippen molar-refractivity contribution in [2.75, 3.05) is 11.4 Å². The van der Waals surface area contributed by atoms with E-state index in [4.69, 9.17) is 4.74 Å². The van der Waals surface area contributed by atoms with Gasteiger partial charge in [0.25, 0.3) is 0 Å². The van der Waals surface area contributed by atoms with Gasteiger partial charge in [0.2, 0.25) is 0 Å². The minimum absolute atomic E-state index is 0.241. The summed E-state index contributed by atoms with van der Waals surface area (Å²) in [6.45, 7) is 6.06. The minimum atomic E-state index is -2.37. The molecule has 1 unspecified atom stereocenters. The van der Waals surface area contributed by atoms with Crippen LogP contribution in [0.5, 0.6) is 0 Å². The summed E-state index contributed by atoms with van der Waals surface area (Å²) in [6.07, 6.45) is 0.762. The van der Waals surface area contributed by atoms with E-state index in [9.17, 15) is 9.18 Å². The SMILES string of the molecule is CC(C)(C)OC(=O)N1C[CH]([Sn]([CH3])([CH3])[CH3])c2cc(F)cnc21. The number of ether oxygens (including phenoxy) is 1. The average molecular weight is 401 g/mol. The molecule has 1 aromatic rings. The number of nitrogens with zero attached hydrogens (tertiary/aromatic N) is 2. The summed E-state index contributed by atoms with van der Waals surface area (Å²) in [5, 5.41) is 0. The Morgan fingerprint density at radius 1 is 1.43 bits per heavy atom. The molecule has 0 fully saturated rings. The van der Waals surface area contributed by atoms with Crippen LogP contribution in [-0.4, -0.2) is 41.6 Å². The van der Waals surface area contributed by atoms with Gasteiger partial charge in [-0.3, -0.25) is 0 Å². The summed E-state index contributed by atoms with van der Waals surface area (Å²) >= 11 is -2.37. The summed E-state index contributed by atoms with van der Waals surface area (Å²) < 4.78 is 19.2. The molecular formula is C15H23FN2O2Sn. The average Bonchev–Trinajstić information content (AvgIpc) is 2.64. The Bertz CT molecular complexity index is 564. The van der Waals surface area contributed by atoms with Crippen LogP contribution < -0.4 is 4.90 Å². The molecule has 1 aliphatic rings. The van der Waals surface area contributed by atoms with Crippen LogP contribution in [0.4, 0.5) is 15.0 Å². The number of pyridine rings is 1. The first-order chi connectivity index (χ1) is 9.49. The Morgan fingerprint density at radius 3 is 2.57 bits per heavy atom. The van der Waals surface area contributed by atoms with E-state index in [2.05, 4.69) is 19.8 Å². The van der Waals surface area contributed by atoms with Crippen molar-refractivity contribution in [3.63, 3.8) is 0 Å². The topological polar surface area (TPSA) is 42.4 Å². The Labute approximate surface area is 129 Å². The fourth-order valence-electron chi connectivity index (χ4n) is 2.52. The van der Waals surface area contributed by atoms with Crippen LogP contribution in [0.25, 0.3) is 0 Å². The maximum absolute atomic E-state index is 13.5. The standard InChI is InChI=1S/C12H14FN2O2.3CH3.Sn/c1-12(2,3)17-11(16)15-5-4-8-6-9(13)7-14-10(8)15;;;;/h4,6-7H,5H2,1-3H3;3*1H3;. The van der Waals surface area contributed by atoms with Gasteiger partial charge < -0.3 is 0 Å². The van der Waals surface area contributed by atoms with E-state index in [1.807, 2.05) is 20.8 Å². The molecule has 2 heterocycles. The first-order valence-electron chi connectivity index (χ1n) is 7.15. The van der Waals surface area contributed by atoms with Crippen molar-refractivity contribution in [2.45, 2.75) is 45.1 Å². The number of hydrogen-bond donors (Lipinski definition) is 0. The molecule has 21 heavy (non-hydrogen) atoms. The summed E-state index contributed by atoms with van der Waals surface area (Å²) in [5.74, 6) is 0.211. The zero-order valence-corrected chi connectivity index (χ0v) is 16.4. The van der Waals surface area contributed by atoms with Crippen molar-refractivity contribution in [2.24, 2.45) is 0 Å². The Kier molecular flexibility index (Phi) is 4.25. The number of aromatic nitrogens is 1. The van der Waals surface area contributed by atoms with Gasteiger partial charge >= 0.3 is 129 Å². The molecule has 0 aliphatic carbocycles. The first kappa shape index (κ1) is 16.5. The number of hydrogen-bond acceptors (Lipinski definition) is 3. The van der Waals surface area contributed by atoms with Gasteiger partial charge in [-0.15, -0.1) is 0 Å². The van der Waals surface area contributed by atoms with Crippen LogP contribution in [-0.2, 0) is 4.74 Å². The molecule has 1 aliphatic heterocycles. The second kappa shape index (κ2) is 5.41. The molecule has 1 amide bonds. The van der Waals surface area contributed by atoms with Crippen molar-refractivity contribution in [3.05, 3.63) is 23.6 Å². The first-order valence-corrected chi connectivity index (χ1v) is 17.4. The number of amides is 1. The van der Waals surface area contributed by atoms with Crippen LogP contribution in [0.1, 0.15) is 30.3 Å². The van der Waals surface area contributed by atoms with Gasteiger partial charge in [0.15, 0.2) is 0 Å². The monoisotopic (exact) mass is 402 g/mol. The molecule has 0 N–H and O–H groups in total. The van der Waals surface area contributed by atoms with E-state index in [0.29, 0.717) is 12.4 Å². The Morgan fingerprint density at radius 2 is 2.05 bits per heavy atom. The molecule has 6 heteroatoms. The molecule has 0 bridgehead atoms. The third kappa shape index (κ3) is 3.67. The number of carbonyl (C=O) groups is 1. The van der Waals surface area contributed by atoms with Gasteiger partial charge in [-0.25, -0.2) is 0 Å². The molecule has 0 saturated carbocycles. The third-order valence-corrected chi connectivity index (χ3v) is 10.9. The molecule has 0 spiro atoms. The van der Waals surface area contributed by atoms with Crippen molar-refractivity contribution in [1.82, 2.24) is 4.98 Å². The van der Waals surface area contributed by atoms with Gasteiger partial charge in [0.05, 0.1) is 0 Å². The van der Waals surface area contributed by atoms with Crippen molar-refractivity contribution in [3.8, 4) is 0 Å². The van der Waals surface area contributed by atoms with Crippen LogP contribution in [0.2, 0.25) is 14.8 Å². The van der Waals surface area contributed by atoms with Crippen LogP contribution in [0.3, 0.4) is 0 Å².